The van der Waals surface area contributed by atoms with Crippen molar-refractivity contribution in [3.05, 3.63) is 46.5 Å². The molecule has 126 valence electrons. The Morgan fingerprint density at radius 1 is 1.25 bits per heavy atom. The molecule has 24 heavy (non-hydrogen) atoms. The lowest BCUT2D eigenvalue weighted by atomic mass is 10.1. The number of aromatic nitrogens is 1. The molecule has 1 aromatic heterocycles. The average Bonchev–Trinajstić information content (AvgIpc) is 2.93. The van der Waals surface area contributed by atoms with Crippen LogP contribution in [0, 0.1) is 6.92 Å². The molecule has 0 aliphatic rings. The molecular formula is C16H18N4O3S. The molecule has 0 fully saturated rings. The molecule has 4 N–H and O–H groups in total. The number of nitrogens with one attached hydrogen (secondary N) is 2. The molecule has 0 aliphatic carbocycles. The molecule has 1 heterocycles. The first-order valence-corrected chi connectivity index (χ1v) is 8.20. The summed E-state index contributed by atoms with van der Waals surface area (Å²) in [5.74, 6) is -0.948. The van der Waals surface area contributed by atoms with Crippen molar-refractivity contribution in [3.63, 3.8) is 0 Å². The maximum atomic E-state index is 12.0. The van der Waals surface area contributed by atoms with Gasteiger partial charge in [0.2, 0.25) is 11.8 Å². The van der Waals surface area contributed by atoms with Crippen molar-refractivity contribution in [2.45, 2.75) is 19.8 Å². The number of hydrogen-bond donors (Lipinski definition) is 3. The fourth-order valence-corrected chi connectivity index (χ4v) is 2.74. The highest BCUT2D eigenvalue weighted by molar-refractivity contribution is 7.13. The van der Waals surface area contributed by atoms with Gasteiger partial charge < -0.3 is 16.4 Å². The topological polar surface area (TPSA) is 114 Å². The lowest BCUT2D eigenvalue weighted by Gasteiger charge is -2.07. The van der Waals surface area contributed by atoms with Gasteiger partial charge in [-0.05, 0) is 18.6 Å². The number of rotatable bonds is 7. The van der Waals surface area contributed by atoms with E-state index in [2.05, 4.69) is 15.6 Å². The van der Waals surface area contributed by atoms with E-state index < -0.39 is 5.91 Å². The smallest absolute Gasteiger partial charge is 0.251 e. The number of aryl methyl sites for hydroxylation is 1. The molecule has 0 unspecified atom stereocenters. The second-order valence-corrected chi connectivity index (χ2v) is 6.01. The number of carbonyl (C=O) groups is 3. The highest BCUT2D eigenvalue weighted by atomic mass is 32.1. The molecule has 0 radical (unpaired) electrons. The molecular weight excluding hydrogens is 328 g/mol. The van der Waals surface area contributed by atoms with Gasteiger partial charge in [0, 0.05) is 23.9 Å². The number of benzene rings is 1. The third kappa shape index (κ3) is 5.17. The predicted octanol–water partition coefficient (Wildman–Crippen LogP) is 1.24. The highest BCUT2D eigenvalue weighted by Crippen LogP contribution is 2.15. The lowest BCUT2D eigenvalue weighted by Crippen LogP contribution is -2.28. The fraction of sp³-hybridized carbons (Fsp3) is 0.250. The maximum absolute atomic E-state index is 12.0. The van der Waals surface area contributed by atoms with E-state index in [0.29, 0.717) is 16.4 Å². The van der Waals surface area contributed by atoms with E-state index in [0.717, 1.165) is 5.56 Å². The van der Waals surface area contributed by atoms with Crippen molar-refractivity contribution < 1.29 is 14.4 Å². The Morgan fingerprint density at radius 2 is 2.00 bits per heavy atom. The van der Waals surface area contributed by atoms with Gasteiger partial charge in [-0.25, -0.2) is 4.98 Å². The van der Waals surface area contributed by atoms with Crippen molar-refractivity contribution in [2.75, 3.05) is 11.9 Å². The van der Waals surface area contributed by atoms with Crippen LogP contribution in [-0.4, -0.2) is 29.3 Å². The van der Waals surface area contributed by atoms with E-state index >= 15 is 0 Å². The zero-order valence-corrected chi connectivity index (χ0v) is 14.0. The van der Waals surface area contributed by atoms with E-state index in [1.165, 1.54) is 11.3 Å². The summed E-state index contributed by atoms with van der Waals surface area (Å²) in [5, 5.41) is 7.41. The van der Waals surface area contributed by atoms with Crippen LogP contribution in [0.5, 0.6) is 0 Å². The summed E-state index contributed by atoms with van der Waals surface area (Å²) in [5.41, 5.74) is 7.08. The predicted molar refractivity (Wildman–Crippen MR) is 91.8 cm³/mol. The Balaban J connectivity index is 1.77. The summed E-state index contributed by atoms with van der Waals surface area (Å²) in [7, 11) is 0. The van der Waals surface area contributed by atoms with Crippen molar-refractivity contribution in [3.8, 4) is 0 Å². The van der Waals surface area contributed by atoms with Crippen LogP contribution in [0.4, 0.5) is 5.13 Å². The van der Waals surface area contributed by atoms with Gasteiger partial charge in [0.25, 0.3) is 5.91 Å². The summed E-state index contributed by atoms with van der Waals surface area (Å²) >= 11 is 1.22. The van der Waals surface area contributed by atoms with Crippen LogP contribution < -0.4 is 16.4 Å². The number of anilines is 1. The first-order chi connectivity index (χ1) is 11.5. The van der Waals surface area contributed by atoms with Gasteiger partial charge in [-0.3, -0.25) is 14.4 Å². The molecule has 1 aromatic carbocycles. The van der Waals surface area contributed by atoms with Gasteiger partial charge in [-0.15, -0.1) is 11.3 Å². The lowest BCUT2D eigenvalue weighted by molar-refractivity contribution is -0.117. The molecule has 0 bridgehead atoms. The van der Waals surface area contributed by atoms with E-state index in [4.69, 9.17) is 5.73 Å². The largest absolute Gasteiger partial charge is 0.369 e. The van der Waals surface area contributed by atoms with E-state index in [1.807, 2.05) is 19.1 Å². The quantitative estimate of drug-likeness (QED) is 0.699. The van der Waals surface area contributed by atoms with Crippen molar-refractivity contribution in [2.24, 2.45) is 5.73 Å². The molecule has 2 aromatic rings. The van der Waals surface area contributed by atoms with Crippen LogP contribution >= 0.6 is 11.3 Å². The van der Waals surface area contributed by atoms with Crippen LogP contribution in [0.15, 0.2) is 29.6 Å². The SMILES string of the molecule is Cc1ccccc1C(=O)NCCC(=O)Nc1nc(CC(N)=O)cs1. The van der Waals surface area contributed by atoms with Crippen LogP contribution in [0.1, 0.15) is 28.0 Å². The van der Waals surface area contributed by atoms with Crippen LogP contribution in [-0.2, 0) is 16.0 Å². The maximum Gasteiger partial charge on any atom is 0.251 e. The summed E-state index contributed by atoms with van der Waals surface area (Å²) < 4.78 is 0. The van der Waals surface area contributed by atoms with Gasteiger partial charge in [0.15, 0.2) is 5.13 Å². The molecule has 0 atom stereocenters. The van der Waals surface area contributed by atoms with Crippen LogP contribution in [0.2, 0.25) is 0 Å². The monoisotopic (exact) mass is 346 g/mol. The molecule has 0 saturated heterocycles. The minimum Gasteiger partial charge on any atom is -0.369 e. The van der Waals surface area contributed by atoms with Crippen molar-refractivity contribution >= 4 is 34.2 Å². The average molecular weight is 346 g/mol. The molecule has 8 heteroatoms. The summed E-state index contributed by atoms with van der Waals surface area (Å²) in [6.45, 7) is 2.08. The normalized spacial score (nSPS) is 10.2. The Bertz CT molecular complexity index is 757. The first kappa shape index (κ1) is 17.6. The van der Waals surface area contributed by atoms with Gasteiger partial charge in [-0.1, -0.05) is 18.2 Å². The number of primary amides is 1. The Hall–Kier alpha value is -2.74. The summed E-state index contributed by atoms with van der Waals surface area (Å²) in [6, 6.07) is 7.25. The molecule has 0 saturated carbocycles. The molecule has 7 nitrogen and oxygen atoms in total. The zero-order chi connectivity index (χ0) is 17.5. The minimum absolute atomic E-state index is 0.0405. The number of amides is 3. The second kappa shape index (κ2) is 8.21. The van der Waals surface area contributed by atoms with Gasteiger partial charge in [-0.2, -0.15) is 0 Å². The van der Waals surface area contributed by atoms with E-state index in [9.17, 15) is 14.4 Å². The van der Waals surface area contributed by atoms with E-state index in [1.54, 1.807) is 17.5 Å². The number of nitrogens with zero attached hydrogens (tertiary/aromatic N) is 1. The Morgan fingerprint density at radius 3 is 2.71 bits per heavy atom. The van der Waals surface area contributed by atoms with Crippen LogP contribution in [0.25, 0.3) is 0 Å². The Kier molecular flexibility index (Phi) is 6.02. The Labute approximate surface area is 143 Å². The first-order valence-electron chi connectivity index (χ1n) is 7.32. The van der Waals surface area contributed by atoms with Crippen LogP contribution in [0.3, 0.4) is 0 Å². The third-order valence-electron chi connectivity index (χ3n) is 3.18. The minimum atomic E-state index is -0.475. The number of carbonyl (C=O) groups excluding carboxylic acids is 3. The van der Waals surface area contributed by atoms with Crippen molar-refractivity contribution in [1.82, 2.24) is 10.3 Å². The van der Waals surface area contributed by atoms with Gasteiger partial charge in [0.1, 0.15) is 0 Å². The fourth-order valence-electron chi connectivity index (χ4n) is 2.02. The zero-order valence-electron chi connectivity index (χ0n) is 13.2. The summed E-state index contributed by atoms with van der Waals surface area (Å²) in [6.07, 6.45) is 0.168. The number of hydrogen-bond acceptors (Lipinski definition) is 5. The number of nitrogens with two attached hydrogens (primary N) is 1. The molecule has 0 aliphatic heterocycles. The van der Waals surface area contributed by atoms with E-state index in [-0.39, 0.29) is 31.2 Å². The van der Waals surface area contributed by atoms with Gasteiger partial charge in [0.05, 0.1) is 12.1 Å². The molecule has 2 rings (SSSR count). The third-order valence-corrected chi connectivity index (χ3v) is 3.99. The highest BCUT2D eigenvalue weighted by Gasteiger charge is 2.10. The van der Waals surface area contributed by atoms with Gasteiger partial charge >= 0.3 is 0 Å². The molecule has 0 spiro atoms. The summed E-state index contributed by atoms with van der Waals surface area (Å²) in [4.78, 5) is 38.8. The standard InChI is InChI=1S/C16H18N4O3S/c1-10-4-2-3-5-12(10)15(23)18-7-6-14(22)20-16-19-11(9-24-16)8-13(17)21/h2-5,9H,6-8H2,1H3,(H2,17,21)(H,18,23)(H,19,20,22). The number of thiazole rings is 1. The molecule has 3 amide bonds. The second-order valence-electron chi connectivity index (χ2n) is 5.16. The van der Waals surface area contributed by atoms with Crippen molar-refractivity contribution in [1.29, 1.82) is 0 Å².